The summed E-state index contributed by atoms with van der Waals surface area (Å²) in [5, 5.41) is 0.886. The second kappa shape index (κ2) is 4.74. The molecule has 82 valence electrons. The van der Waals surface area contributed by atoms with Crippen LogP contribution >= 0.6 is 0 Å². The molecule has 0 unspecified atom stereocenters. The van der Waals surface area contributed by atoms with Gasteiger partial charge in [0.05, 0.1) is 7.11 Å². The summed E-state index contributed by atoms with van der Waals surface area (Å²) in [6.07, 6.45) is -1.81. The van der Waals surface area contributed by atoms with E-state index in [-0.39, 0.29) is 5.69 Å². The molecular weight excluding hydrogens is 208 g/mol. The molecule has 0 radical (unpaired) electrons. The standard InChI is InChI=1S/C8H9F2N3O2/c1-13(15-2)8(14)6-3-5(7(9)10)11-4-12-6/h3-4,7H,1-2H3. The first kappa shape index (κ1) is 11.4. The van der Waals surface area contributed by atoms with E-state index in [1.165, 1.54) is 14.2 Å². The van der Waals surface area contributed by atoms with Crippen LogP contribution in [0.1, 0.15) is 22.6 Å². The molecule has 1 aromatic rings. The van der Waals surface area contributed by atoms with E-state index in [9.17, 15) is 13.6 Å². The molecule has 15 heavy (non-hydrogen) atoms. The molecule has 1 rings (SSSR count). The van der Waals surface area contributed by atoms with Crippen LogP contribution in [-0.2, 0) is 4.84 Å². The molecule has 0 aliphatic heterocycles. The molecule has 5 nitrogen and oxygen atoms in total. The predicted molar refractivity (Wildman–Crippen MR) is 46.1 cm³/mol. The monoisotopic (exact) mass is 217 g/mol. The molecule has 1 aromatic heterocycles. The zero-order valence-corrected chi connectivity index (χ0v) is 8.15. The van der Waals surface area contributed by atoms with Gasteiger partial charge < -0.3 is 0 Å². The van der Waals surface area contributed by atoms with Gasteiger partial charge in [-0.05, 0) is 6.07 Å². The van der Waals surface area contributed by atoms with Crippen molar-refractivity contribution in [3.05, 3.63) is 23.8 Å². The Hall–Kier alpha value is -1.63. The highest BCUT2D eigenvalue weighted by Gasteiger charge is 2.16. The lowest BCUT2D eigenvalue weighted by Gasteiger charge is -2.12. The van der Waals surface area contributed by atoms with Crippen molar-refractivity contribution in [2.45, 2.75) is 6.43 Å². The van der Waals surface area contributed by atoms with Crippen LogP contribution < -0.4 is 0 Å². The predicted octanol–water partition coefficient (Wildman–Crippen LogP) is 1.05. The van der Waals surface area contributed by atoms with Crippen LogP contribution in [0.15, 0.2) is 12.4 Å². The second-order valence-electron chi connectivity index (χ2n) is 2.61. The fourth-order valence-electron chi connectivity index (χ4n) is 0.853. The summed E-state index contributed by atoms with van der Waals surface area (Å²) in [5.74, 6) is -0.609. The van der Waals surface area contributed by atoms with E-state index in [1.54, 1.807) is 0 Å². The third-order valence-corrected chi connectivity index (χ3v) is 1.69. The zero-order chi connectivity index (χ0) is 11.4. The largest absolute Gasteiger partial charge is 0.295 e. The van der Waals surface area contributed by atoms with E-state index in [1.807, 2.05) is 0 Å². The summed E-state index contributed by atoms with van der Waals surface area (Å²) in [5.41, 5.74) is -0.623. The van der Waals surface area contributed by atoms with E-state index in [0.29, 0.717) is 0 Å². The summed E-state index contributed by atoms with van der Waals surface area (Å²) >= 11 is 0. The molecule has 0 saturated heterocycles. The number of hydrogen-bond acceptors (Lipinski definition) is 4. The molecule has 0 aliphatic rings. The van der Waals surface area contributed by atoms with Crippen LogP contribution in [0.5, 0.6) is 0 Å². The van der Waals surface area contributed by atoms with Crippen LogP contribution in [0.4, 0.5) is 8.78 Å². The molecule has 0 aliphatic carbocycles. The van der Waals surface area contributed by atoms with E-state index in [0.717, 1.165) is 17.5 Å². The molecule has 0 saturated carbocycles. The van der Waals surface area contributed by atoms with Crippen LogP contribution in [-0.4, -0.2) is 35.1 Å². The molecule has 7 heteroatoms. The van der Waals surface area contributed by atoms with Crippen molar-refractivity contribution in [1.29, 1.82) is 0 Å². The number of halogens is 2. The van der Waals surface area contributed by atoms with Gasteiger partial charge >= 0.3 is 0 Å². The summed E-state index contributed by atoms with van der Waals surface area (Å²) in [6, 6.07) is 0.933. The summed E-state index contributed by atoms with van der Waals surface area (Å²) in [7, 11) is 2.64. The molecule has 0 aromatic carbocycles. The van der Waals surface area contributed by atoms with Crippen molar-refractivity contribution in [3.63, 3.8) is 0 Å². The fourth-order valence-corrected chi connectivity index (χ4v) is 0.853. The third-order valence-electron chi connectivity index (χ3n) is 1.69. The van der Waals surface area contributed by atoms with Gasteiger partial charge in [0.1, 0.15) is 17.7 Å². The number of carbonyl (C=O) groups excluding carboxylic acids is 1. The van der Waals surface area contributed by atoms with Gasteiger partial charge in [0.15, 0.2) is 0 Å². The Labute approximate surface area is 84.7 Å². The number of nitrogens with zero attached hydrogens (tertiary/aromatic N) is 3. The maximum Gasteiger partial charge on any atom is 0.295 e. The molecule has 1 heterocycles. The van der Waals surface area contributed by atoms with Gasteiger partial charge in [-0.1, -0.05) is 0 Å². The Morgan fingerprint density at radius 1 is 1.53 bits per heavy atom. The van der Waals surface area contributed by atoms with Crippen molar-refractivity contribution in [2.24, 2.45) is 0 Å². The summed E-state index contributed by atoms with van der Waals surface area (Å²) in [6.45, 7) is 0. The van der Waals surface area contributed by atoms with Gasteiger partial charge in [-0.15, -0.1) is 0 Å². The molecule has 0 N–H and O–H groups in total. The quantitative estimate of drug-likeness (QED) is 0.710. The van der Waals surface area contributed by atoms with Gasteiger partial charge in [-0.25, -0.2) is 23.8 Å². The van der Waals surface area contributed by atoms with E-state index >= 15 is 0 Å². The highest BCUT2D eigenvalue weighted by atomic mass is 19.3. The van der Waals surface area contributed by atoms with Gasteiger partial charge in [0, 0.05) is 7.05 Å². The Kier molecular flexibility index (Phi) is 3.62. The van der Waals surface area contributed by atoms with Crippen molar-refractivity contribution in [3.8, 4) is 0 Å². The highest BCUT2D eigenvalue weighted by molar-refractivity contribution is 5.91. The lowest BCUT2D eigenvalue weighted by Crippen LogP contribution is -2.26. The Balaban J connectivity index is 2.95. The number of rotatable bonds is 3. The number of alkyl halides is 2. The minimum absolute atomic E-state index is 0.135. The zero-order valence-electron chi connectivity index (χ0n) is 8.15. The molecule has 0 fully saturated rings. The maximum atomic E-state index is 12.2. The van der Waals surface area contributed by atoms with Crippen molar-refractivity contribution >= 4 is 5.91 Å². The topological polar surface area (TPSA) is 55.3 Å². The summed E-state index contributed by atoms with van der Waals surface area (Å²) < 4.78 is 24.5. The Morgan fingerprint density at radius 2 is 2.20 bits per heavy atom. The lowest BCUT2D eigenvalue weighted by molar-refractivity contribution is -0.0760. The minimum atomic E-state index is -2.73. The van der Waals surface area contributed by atoms with Gasteiger partial charge in [-0.2, -0.15) is 0 Å². The lowest BCUT2D eigenvalue weighted by atomic mass is 10.3. The van der Waals surface area contributed by atoms with Crippen LogP contribution in [0, 0.1) is 0 Å². The molecule has 1 amide bonds. The normalized spacial score (nSPS) is 10.5. The molecule has 0 bridgehead atoms. The van der Waals surface area contributed by atoms with E-state index in [4.69, 9.17) is 0 Å². The highest BCUT2D eigenvalue weighted by Crippen LogP contribution is 2.16. The first-order chi connectivity index (χ1) is 7.06. The fraction of sp³-hybridized carbons (Fsp3) is 0.375. The van der Waals surface area contributed by atoms with E-state index < -0.39 is 18.0 Å². The van der Waals surface area contributed by atoms with Gasteiger partial charge in [0.25, 0.3) is 12.3 Å². The number of amides is 1. The van der Waals surface area contributed by atoms with Crippen LogP contribution in [0.3, 0.4) is 0 Å². The van der Waals surface area contributed by atoms with Crippen molar-refractivity contribution in [1.82, 2.24) is 15.0 Å². The van der Waals surface area contributed by atoms with Gasteiger partial charge in [-0.3, -0.25) is 9.63 Å². The smallest absolute Gasteiger partial charge is 0.274 e. The molecule has 0 spiro atoms. The average Bonchev–Trinajstić information content (AvgIpc) is 2.27. The summed E-state index contributed by atoms with van der Waals surface area (Å²) in [4.78, 5) is 22.9. The SMILES string of the molecule is CON(C)C(=O)c1cc(C(F)F)ncn1. The molecule has 0 atom stereocenters. The van der Waals surface area contributed by atoms with Crippen molar-refractivity contribution in [2.75, 3.05) is 14.2 Å². The van der Waals surface area contributed by atoms with E-state index in [2.05, 4.69) is 14.8 Å². The average molecular weight is 217 g/mol. The van der Waals surface area contributed by atoms with Gasteiger partial charge in [0.2, 0.25) is 0 Å². The minimum Gasteiger partial charge on any atom is -0.274 e. The number of hydrogen-bond donors (Lipinski definition) is 0. The Morgan fingerprint density at radius 3 is 2.73 bits per heavy atom. The Bertz CT molecular complexity index is 359. The third kappa shape index (κ3) is 2.66. The van der Waals surface area contributed by atoms with Crippen LogP contribution in [0.25, 0.3) is 0 Å². The second-order valence-corrected chi connectivity index (χ2v) is 2.61. The maximum absolute atomic E-state index is 12.2. The van der Waals surface area contributed by atoms with Crippen LogP contribution in [0.2, 0.25) is 0 Å². The first-order valence-corrected chi connectivity index (χ1v) is 3.98. The van der Waals surface area contributed by atoms with Crippen molar-refractivity contribution < 1.29 is 18.4 Å². The number of carbonyl (C=O) groups is 1. The molecular formula is C8H9F2N3O2. The number of aromatic nitrogens is 2. The first-order valence-electron chi connectivity index (χ1n) is 3.98. The number of hydroxylamine groups is 2.